The molecule has 0 aliphatic rings. The molecule has 0 N–H and O–H groups in total. The van der Waals surface area contributed by atoms with E-state index in [2.05, 4.69) is 6.92 Å². The van der Waals surface area contributed by atoms with Gasteiger partial charge in [-0.05, 0) is 5.88 Å². The molecule has 0 amide bonds. The Balaban J connectivity index is 0. The minimum Gasteiger partial charge on any atom is -0.342 e. The SMILES string of the molecule is [CH2-]CCCl.[Ti]. The monoisotopic (exact) mass is 125 g/mol. The number of alkyl halides is 1. The van der Waals surface area contributed by atoms with Gasteiger partial charge in [0, 0.05) is 21.7 Å². The fraction of sp³-hybridized carbons (Fsp3) is 0.667. The molecule has 0 bridgehead atoms. The van der Waals surface area contributed by atoms with Crippen LogP contribution in [0.25, 0.3) is 0 Å². The molecular formula is C3H6ClTi-. The molecule has 0 aliphatic carbocycles. The Morgan fingerprint density at radius 2 is 1.80 bits per heavy atom. The average Bonchev–Trinajstić information content (AvgIpc) is 1.37. The molecule has 0 fully saturated rings. The van der Waals surface area contributed by atoms with Crippen molar-refractivity contribution in [1.29, 1.82) is 0 Å². The molecule has 0 unspecified atom stereocenters. The zero-order chi connectivity index (χ0) is 3.41. The van der Waals surface area contributed by atoms with E-state index < -0.39 is 0 Å². The van der Waals surface area contributed by atoms with Gasteiger partial charge < -0.3 is 6.92 Å². The van der Waals surface area contributed by atoms with E-state index in [-0.39, 0.29) is 21.7 Å². The Bertz CT molecular complexity index is 8.85. The molecule has 0 radical (unpaired) electrons. The van der Waals surface area contributed by atoms with Crippen molar-refractivity contribution in [3.63, 3.8) is 0 Å². The smallest absolute Gasteiger partial charge is 0 e. The van der Waals surface area contributed by atoms with Crippen LogP contribution in [-0.2, 0) is 21.7 Å². The van der Waals surface area contributed by atoms with Gasteiger partial charge in [-0.1, -0.05) is 0 Å². The van der Waals surface area contributed by atoms with Crippen LogP contribution < -0.4 is 0 Å². The van der Waals surface area contributed by atoms with E-state index >= 15 is 0 Å². The second kappa shape index (κ2) is 8.89. The van der Waals surface area contributed by atoms with Gasteiger partial charge in [0.25, 0.3) is 0 Å². The van der Waals surface area contributed by atoms with Gasteiger partial charge in [-0.25, -0.2) is 0 Å². The molecule has 0 saturated carbocycles. The molecule has 0 aromatic carbocycles. The van der Waals surface area contributed by atoms with Gasteiger partial charge in [-0.2, -0.15) is 6.42 Å². The molecule has 0 spiro atoms. The number of halogens is 1. The van der Waals surface area contributed by atoms with Crippen molar-refractivity contribution in [1.82, 2.24) is 0 Å². The molecule has 0 aromatic rings. The zero-order valence-electron chi connectivity index (χ0n) is 3.00. The summed E-state index contributed by atoms with van der Waals surface area (Å²) in [4.78, 5) is 0. The predicted octanol–water partition coefficient (Wildman–Crippen LogP) is 1.45. The predicted molar refractivity (Wildman–Crippen MR) is 20.7 cm³/mol. The molecule has 0 atom stereocenters. The molecule has 0 aliphatic heterocycles. The van der Waals surface area contributed by atoms with E-state index in [1.807, 2.05) is 0 Å². The van der Waals surface area contributed by atoms with E-state index in [0.29, 0.717) is 5.88 Å². The van der Waals surface area contributed by atoms with Crippen molar-refractivity contribution >= 4 is 11.6 Å². The minimum absolute atomic E-state index is 0. The van der Waals surface area contributed by atoms with Crippen LogP contribution in [-0.4, -0.2) is 5.88 Å². The molecule has 30 valence electrons. The van der Waals surface area contributed by atoms with Crippen LogP contribution >= 0.6 is 11.6 Å². The van der Waals surface area contributed by atoms with E-state index in [1.165, 1.54) is 0 Å². The Morgan fingerprint density at radius 1 is 1.60 bits per heavy atom. The number of hydrogen-bond acceptors (Lipinski definition) is 0. The van der Waals surface area contributed by atoms with E-state index in [0.717, 1.165) is 6.42 Å². The second-order valence-corrected chi connectivity index (χ2v) is 0.921. The zero-order valence-corrected chi connectivity index (χ0v) is 5.32. The summed E-state index contributed by atoms with van der Waals surface area (Å²) in [6.07, 6.45) is 0.835. The molecule has 0 aromatic heterocycles. The van der Waals surface area contributed by atoms with Crippen LogP contribution in [0, 0.1) is 6.92 Å². The van der Waals surface area contributed by atoms with Crippen LogP contribution in [0.2, 0.25) is 0 Å². The van der Waals surface area contributed by atoms with Crippen molar-refractivity contribution < 1.29 is 21.7 Å². The first-order valence-electron chi connectivity index (χ1n) is 1.27. The van der Waals surface area contributed by atoms with Gasteiger partial charge in [0.1, 0.15) is 0 Å². The summed E-state index contributed by atoms with van der Waals surface area (Å²) >= 11 is 5.12. The van der Waals surface area contributed by atoms with Crippen LogP contribution in [0.3, 0.4) is 0 Å². The Hall–Kier alpha value is 1.00. The first-order valence-corrected chi connectivity index (χ1v) is 1.80. The largest absolute Gasteiger partial charge is 0.342 e. The van der Waals surface area contributed by atoms with Crippen LogP contribution in [0.15, 0.2) is 0 Å². The molecule has 0 heterocycles. The van der Waals surface area contributed by atoms with E-state index in [4.69, 9.17) is 11.6 Å². The molecule has 0 rings (SSSR count). The first kappa shape index (κ1) is 9.38. The third-order valence-corrected chi connectivity index (χ3v) is 0.401. The van der Waals surface area contributed by atoms with Crippen LogP contribution in [0.1, 0.15) is 6.42 Å². The number of rotatable bonds is 1. The van der Waals surface area contributed by atoms with Crippen LogP contribution in [0.5, 0.6) is 0 Å². The van der Waals surface area contributed by atoms with Crippen LogP contribution in [0.4, 0.5) is 0 Å². The van der Waals surface area contributed by atoms with Crippen molar-refractivity contribution in [2.24, 2.45) is 0 Å². The van der Waals surface area contributed by atoms with Crippen molar-refractivity contribution in [3.05, 3.63) is 6.92 Å². The van der Waals surface area contributed by atoms with Gasteiger partial charge in [0.2, 0.25) is 0 Å². The molecule has 0 saturated heterocycles. The van der Waals surface area contributed by atoms with Gasteiger partial charge >= 0.3 is 0 Å². The van der Waals surface area contributed by atoms with E-state index in [1.54, 1.807) is 0 Å². The summed E-state index contributed by atoms with van der Waals surface area (Å²) in [6, 6.07) is 0. The summed E-state index contributed by atoms with van der Waals surface area (Å²) < 4.78 is 0. The molecule has 2 heteroatoms. The normalized spacial score (nSPS) is 6.00. The fourth-order valence-electron chi connectivity index (χ4n) is 0. The quantitative estimate of drug-likeness (QED) is 0.283. The summed E-state index contributed by atoms with van der Waals surface area (Å²) in [7, 11) is 0. The van der Waals surface area contributed by atoms with Gasteiger partial charge in [-0.3, -0.25) is 0 Å². The summed E-state index contributed by atoms with van der Waals surface area (Å²) in [5, 5.41) is 0. The Morgan fingerprint density at radius 3 is 1.80 bits per heavy atom. The van der Waals surface area contributed by atoms with Gasteiger partial charge in [-0.15, -0.1) is 11.6 Å². The fourth-order valence-corrected chi connectivity index (χ4v) is 0. The minimum atomic E-state index is 0. The first-order chi connectivity index (χ1) is 1.91. The maximum atomic E-state index is 5.12. The third kappa shape index (κ3) is 11.2. The van der Waals surface area contributed by atoms with Crippen molar-refractivity contribution in [3.8, 4) is 0 Å². The second-order valence-electron chi connectivity index (χ2n) is 0.543. The molecule has 5 heavy (non-hydrogen) atoms. The summed E-state index contributed by atoms with van der Waals surface area (Å²) in [5.41, 5.74) is 0. The van der Waals surface area contributed by atoms with E-state index in [9.17, 15) is 0 Å². The maximum Gasteiger partial charge on any atom is 0 e. The Labute approximate surface area is 52.8 Å². The molecule has 0 nitrogen and oxygen atoms in total. The van der Waals surface area contributed by atoms with Gasteiger partial charge in [0.15, 0.2) is 0 Å². The topological polar surface area (TPSA) is 0 Å². The summed E-state index contributed by atoms with van der Waals surface area (Å²) in [5.74, 6) is 0.681. The standard InChI is InChI=1S/C3H6Cl.Ti/c1-2-3-4;/h1-3H2;/q-1;. The third-order valence-electron chi connectivity index (χ3n) is 0.134. The van der Waals surface area contributed by atoms with Crippen molar-refractivity contribution in [2.75, 3.05) is 5.88 Å². The van der Waals surface area contributed by atoms with Crippen molar-refractivity contribution in [2.45, 2.75) is 6.42 Å². The Kier molecular flexibility index (Phi) is 16.7. The molecular weight excluding hydrogens is 119 g/mol. The average molecular weight is 125 g/mol. The maximum absolute atomic E-state index is 5.12. The van der Waals surface area contributed by atoms with Gasteiger partial charge in [0.05, 0.1) is 0 Å². The number of hydrogen-bond donors (Lipinski definition) is 0. The summed E-state index contributed by atoms with van der Waals surface area (Å²) in [6.45, 7) is 3.47.